The summed E-state index contributed by atoms with van der Waals surface area (Å²) in [5, 5.41) is 3.12. The van der Waals surface area contributed by atoms with Gasteiger partial charge in [0.05, 0.1) is 0 Å². The SMILES string of the molecule is CC(NC(=O)CCC(CCN)C(C)(C)C)C1CC1. The van der Waals surface area contributed by atoms with Crippen molar-refractivity contribution < 1.29 is 4.79 Å². The van der Waals surface area contributed by atoms with Gasteiger partial charge < -0.3 is 11.1 Å². The molecule has 1 aliphatic rings. The number of amides is 1. The highest BCUT2D eigenvalue weighted by molar-refractivity contribution is 5.76. The van der Waals surface area contributed by atoms with Crippen LogP contribution in [0.25, 0.3) is 0 Å². The van der Waals surface area contributed by atoms with Crippen molar-refractivity contribution in [1.82, 2.24) is 5.32 Å². The standard InChI is InChI=1S/C15H30N2O/c1-11(12-5-6-12)17-14(18)8-7-13(9-10-16)15(2,3)4/h11-13H,5-10,16H2,1-4H3,(H,17,18). The summed E-state index contributed by atoms with van der Waals surface area (Å²) < 4.78 is 0. The molecule has 1 rings (SSSR count). The molecule has 0 saturated heterocycles. The zero-order valence-corrected chi connectivity index (χ0v) is 12.5. The quantitative estimate of drug-likeness (QED) is 0.734. The average molecular weight is 254 g/mol. The van der Waals surface area contributed by atoms with Crippen LogP contribution < -0.4 is 11.1 Å². The van der Waals surface area contributed by atoms with Gasteiger partial charge in [0.15, 0.2) is 0 Å². The summed E-state index contributed by atoms with van der Waals surface area (Å²) in [6.45, 7) is 9.53. The van der Waals surface area contributed by atoms with Gasteiger partial charge in [-0.3, -0.25) is 4.79 Å². The third-order valence-electron chi connectivity index (χ3n) is 4.18. The minimum absolute atomic E-state index is 0.209. The number of hydrogen-bond acceptors (Lipinski definition) is 2. The number of nitrogens with two attached hydrogens (primary N) is 1. The van der Waals surface area contributed by atoms with Crippen molar-refractivity contribution in [2.45, 2.75) is 65.8 Å². The molecule has 1 amide bonds. The van der Waals surface area contributed by atoms with Crippen molar-refractivity contribution >= 4 is 5.91 Å². The maximum absolute atomic E-state index is 11.9. The lowest BCUT2D eigenvalue weighted by molar-refractivity contribution is -0.122. The van der Waals surface area contributed by atoms with E-state index in [1.165, 1.54) is 12.8 Å². The van der Waals surface area contributed by atoms with E-state index >= 15 is 0 Å². The maximum Gasteiger partial charge on any atom is 0.220 e. The molecular formula is C15H30N2O. The fraction of sp³-hybridized carbons (Fsp3) is 0.933. The molecule has 1 saturated carbocycles. The Bertz CT molecular complexity index is 266. The molecule has 0 bridgehead atoms. The van der Waals surface area contributed by atoms with E-state index in [0.29, 0.717) is 24.9 Å². The van der Waals surface area contributed by atoms with Gasteiger partial charge in [0.1, 0.15) is 0 Å². The summed E-state index contributed by atoms with van der Waals surface area (Å²) in [6, 6.07) is 0.361. The van der Waals surface area contributed by atoms with Crippen LogP contribution in [0.5, 0.6) is 0 Å². The van der Waals surface area contributed by atoms with Gasteiger partial charge in [-0.2, -0.15) is 0 Å². The molecule has 0 spiro atoms. The van der Waals surface area contributed by atoms with Crippen LogP contribution in [0, 0.1) is 17.3 Å². The molecule has 3 heteroatoms. The zero-order valence-electron chi connectivity index (χ0n) is 12.5. The molecule has 1 fully saturated rings. The molecule has 0 heterocycles. The molecule has 2 atom stereocenters. The Labute approximate surface area is 112 Å². The third kappa shape index (κ3) is 5.38. The molecule has 106 valence electrons. The topological polar surface area (TPSA) is 55.1 Å². The van der Waals surface area contributed by atoms with Crippen LogP contribution in [0.4, 0.5) is 0 Å². The second kappa shape index (κ2) is 6.55. The molecule has 1 aliphatic carbocycles. The molecule has 0 aromatic rings. The zero-order chi connectivity index (χ0) is 13.8. The second-order valence-electron chi connectivity index (χ2n) is 6.87. The molecule has 0 aromatic carbocycles. The van der Waals surface area contributed by atoms with E-state index in [9.17, 15) is 4.79 Å². The predicted molar refractivity (Wildman–Crippen MR) is 76.2 cm³/mol. The van der Waals surface area contributed by atoms with Crippen LogP contribution in [0.2, 0.25) is 0 Å². The van der Waals surface area contributed by atoms with E-state index < -0.39 is 0 Å². The van der Waals surface area contributed by atoms with Crippen molar-refractivity contribution in [2.75, 3.05) is 6.54 Å². The molecule has 3 N–H and O–H groups in total. The molecule has 3 nitrogen and oxygen atoms in total. The fourth-order valence-electron chi connectivity index (χ4n) is 2.56. The van der Waals surface area contributed by atoms with Gasteiger partial charge in [-0.25, -0.2) is 0 Å². The van der Waals surface area contributed by atoms with Crippen molar-refractivity contribution in [3.8, 4) is 0 Å². The second-order valence-corrected chi connectivity index (χ2v) is 6.87. The minimum Gasteiger partial charge on any atom is -0.353 e. The van der Waals surface area contributed by atoms with Crippen LogP contribution in [-0.2, 0) is 4.79 Å². The molecule has 2 unspecified atom stereocenters. The molecular weight excluding hydrogens is 224 g/mol. The summed E-state index contributed by atoms with van der Waals surface area (Å²) in [5.74, 6) is 1.47. The highest BCUT2D eigenvalue weighted by Crippen LogP contribution is 2.33. The van der Waals surface area contributed by atoms with E-state index in [-0.39, 0.29) is 11.3 Å². The maximum atomic E-state index is 11.9. The summed E-state index contributed by atoms with van der Waals surface area (Å²) >= 11 is 0. The van der Waals surface area contributed by atoms with E-state index in [0.717, 1.165) is 18.8 Å². The lowest BCUT2D eigenvalue weighted by Crippen LogP contribution is -2.34. The number of nitrogens with one attached hydrogen (secondary N) is 1. The van der Waals surface area contributed by atoms with Crippen LogP contribution in [0.3, 0.4) is 0 Å². The molecule has 18 heavy (non-hydrogen) atoms. The minimum atomic E-state index is 0.209. The first-order chi connectivity index (χ1) is 8.34. The lowest BCUT2D eigenvalue weighted by Gasteiger charge is -2.30. The van der Waals surface area contributed by atoms with Gasteiger partial charge in [0, 0.05) is 12.5 Å². The van der Waals surface area contributed by atoms with Gasteiger partial charge in [-0.05, 0) is 56.4 Å². The normalized spacial score (nSPS) is 19.4. The van der Waals surface area contributed by atoms with Crippen molar-refractivity contribution in [3.63, 3.8) is 0 Å². The monoisotopic (exact) mass is 254 g/mol. The predicted octanol–water partition coefficient (Wildman–Crippen LogP) is 2.69. The van der Waals surface area contributed by atoms with Crippen LogP contribution in [0.15, 0.2) is 0 Å². The van der Waals surface area contributed by atoms with E-state index in [2.05, 4.69) is 33.0 Å². The van der Waals surface area contributed by atoms with Gasteiger partial charge in [-0.15, -0.1) is 0 Å². The van der Waals surface area contributed by atoms with Crippen LogP contribution in [-0.4, -0.2) is 18.5 Å². The number of carbonyl (C=O) groups is 1. The number of hydrogen-bond donors (Lipinski definition) is 2. The highest BCUT2D eigenvalue weighted by atomic mass is 16.1. The van der Waals surface area contributed by atoms with Crippen LogP contribution in [0.1, 0.15) is 59.8 Å². The Hall–Kier alpha value is -0.570. The summed E-state index contributed by atoms with van der Waals surface area (Å²) in [4.78, 5) is 11.9. The summed E-state index contributed by atoms with van der Waals surface area (Å²) in [7, 11) is 0. The van der Waals surface area contributed by atoms with Crippen molar-refractivity contribution in [1.29, 1.82) is 0 Å². The Morgan fingerprint density at radius 3 is 2.39 bits per heavy atom. The van der Waals surface area contributed by atoms with Gasteiger partial charge in [0.2, 0.25) is 5.91 Å². The van der Waals surface area contributed by atoms with Crippen molar-refractivity contribution in [2.24, 2.45) is 23.0 Å². The van der Waals surface area contributed by atoms with Gasteiger partial charge in [0.25, 0.3) is 0 Å². The fourth-order valence-corrected chi connectivity index (χ4v) is 2.56. The first kappa shape index (κ1) is 15.5. The Morgan fingerprint density at radius 2 is 1.94 bits per heavy atom. The Balaban J connectivity index is 2.29. The summed E-state index contributed by atoms with van der Waals surface area (Å²) in [5.41, 5.74) is 5.90. The molecule has 0 aliphatic heterocycles. The third-order valence-corrected chi connectivity index (χ3v) is 4.18. The molecule has 0 radical (unpaired) electrons. The van der Waals surface area contributed by atoms with Crippen LogP contribution >= 0.6 is 0 Å². The van der Waals surface area contributed by atoms with E-state index in [4.69, 9.17) is 5.73 Å². The van der Waals surface area contributed by atoms with Gasteiger partial charge in [-0.1, -0.05) is 20.8 Å². The highest BCUT2D eigenvalue weighted by Gasteiger charge is 2.29. The number of rotatable bonds is 7. The Kier molecular flexibility index (Phi) is 5.64. The summed E-state index contributed by atoms with van der Waals surface area (Å²) in [6.07, 6.45) is 5.15. The smallest absolute Gasteiger partial charge is 0.220 e. The van der Waals surface area contributed by atoms with Gasteiger partial charge >= 0.3 is 0 Å². The number of carbonyl (C=O) groups excluding carboxylic acids is 1. The lowest BCUT2D eigenvalue weighted by atomic mass is 9.76. The van der Waals surface area contributed by atoms with E-state index in [1.54, 1.807) is 0 Å². The Morgan fingerprint density at radius 1 is 1.33 bits per heavy atom. The largest absolute Gasteiger partial charge is 0.353 e. The molecule has 0 aromatic heterocycles. The van der Waals surface area contributed by atoms with Crippen molar-refractivity contribution in [3.05, 3.63) is 0 Å². The average Bonchev–Trinajstić information content (AvgIpc) is 3.05. The first-order valence-electron chi connectivity index (χ1n) is 7.34. The first-order valence-corrected chi connectivity index (χ1v) is 7.34. The van der Waals surface area contributed by atoms with E-state index in [1.807, 2.05) is 0 Å².